The lowest BCUT2D eigenvalue weighted by Gasteiger charge is -2.25. The highest BCUT2D eigenvalue weighted by atomic mass is 19.3. The summed E-state index contributed by atoms with van der Waals surface area (Å²) in [5.74, 6) is -4.12. The van der Waals surface area contributed by atoms with Gasteiger partial charge in [-0.25, -0.2) is 13.6 Å². The Morgan fingerprint density at radius 2 is 2.20 bits per heavy atom. The summed E-state index contributed by atoms with van der Waals surface area (Å²) in [5, 5.41) is 8.67. The van der Waals surface area contributed by atoms with Crippen LogP contribution in [-0.4, -0.2) is 17.7 Å². The van der Waals surface area contributed by atoms with Crippen molar-refractivity contribution >= 4 is 5.97 Å². The molecule has 1 aromatic carbocycles. The van der Waals surface area contributed by atoms with Crippen molar-refractivity contribution in [2.75, 3.05) is 6.61 Å². The number of aromatic carboxylic acids is 1. The third kappa shape index (κ3) is 1.65. The highest BCUT2D eigenvalue weighted by molar-refractivity contribution is 5.88. The molecule has 1 aromatic rings. The first kappa shape index (κ1) is 9.89. The van der Waals surface area contributed by atoms with E-state index in [9.17, 15) is 13.6 Å². The molecule has 0 amide bonds. The van der Waals surface area contributed by atoms with Crippen LogP contribution >= 0.6 is 0 Å². The first-order chi connectivity index (χ1) is 7.00. The Hall–Kier alpha value is -1.65. The summed E-state index contributed by atoms with van der Waals surface area (Å²) < 4.78 is 31.6. The summed E-state index contributed by atoms with van der Waals surface area (Å²) in [7, 11) is 0. The molecule has 5 heteroatoms. The van der Waals surface area contributed by atoms with Crippen LogP contribution in [0.5, 0.6) is 5.75 Å². The molecule has 15 heavy (non-hydrogen) atoms. The van der Waals surface area contributed by atoms with Gasteiger partial charge >= 0.3 is 5.97 Å². The monoisotopic (exact) mass is 214 g/mol. The molecule has 0 aliphatic carbocycles. The van der Waals surface area contributed by atoms with Crippen molar-refractivity contribution < 1.29 is 23.4 Å². The Balaban J connectivity index is 2.50. The maximum Gasteiger partial charge on any atom is 0.335 e. The summed E-state index contributed by atoms with van der Waals surface area (Å²) in [4.78, 5) is 10.6. The number of ether oxygens (including phenoxy) is 1. The highest BCUT2D eigenvalue weighted by Gasteiger charge is 2.38. The third-order valence-corrected chi connectivity index (χ3v) is 2.30. The Morgan fingerprint density at radius 1 is 1.47 bits per heavy atom. The number of carboxylic acids is 1. The van der Waals surface area contributed by atoms with E-state index in [4.69, 9.17) is 9.84 Å². The molecule has 0 aromatic heterocycles. The normalized spacial score (nSPS) is 17.7. The van der Waals surface area contributed by atoms with Gasteiger partial charge in [-0.3, -0.25) is 0 Å². The zero-order valence-electron chi connectivity index (χ0n) is 7.67. The van der Waals surface area contributed by atoms with Crippen LogP contribution < -0.4 is 4.74 Å². The Morgan fingerprint density at radius 3 is 2.87 bits per heavy atom. The molecule has 80 valence electrons. The van der Waals surface area contributed by atoms with Gasteiger partial charge in [0.05, 0.1) is 24.2 Å². The van der Waals surface area contributed by atoms with Crippen molar-refractivity contribution in [1.82, 2.24) is 0 Å². The smallest absolute Gasteiger partial charge is 0.335 e. The zero-order chi connectivity index (χ0) is 11.1. The number of hydrogen-bond acceptors (Lipinski definition) is 2. The molecule has 1 N–H and O–H groups in total. The second kappa shape index (κ2) is 3.18. The molecule has 0 spiro atoms. The fourth-order valence-corrected chi connectivity index (χ4v) is 1.50. The number of benzene rings is 1. The average molecular weight is 214 g/mol. The summed E-state index contributed by atoms with van der Waals surface area (Å²) in [6.45, 7) is -0.0942. The quantitative estimate of drug-likeness (QED) is 0.779. The van der Waals surface area contributed by atoms with E-state index in [1.54, 1.807) is 0 Å². The molecule has 1 aliphatic heterocycles. The van der Waals surface area contributed by atoms with Crippen LogP contribution in [0.1, 0.15) is 22.3 Å². The van der Waals surface area contributed by atoms with E-state index in [0.717, 1.165) is 18.2 Å². The molecule has 3 nitrogen and oxygen atoms in total. The van der Waals surface area contributed by atoms with Gasteiger partial charge in [-0.2, -0.15) is 0 Å². The van der Waals surface area contributed by atoms with E-state index in [2.05, 4.69) is 0 Å². The maximum atomic E-state index is 13.3. The molecule has 1 heterocycles. The molecule has 0 radical (unpaired) electrons. The standard InChI is InChI=1S/C10H8F2O3/c11-10(12)3-4-15-8-5-6(9(13)14)1-2-7(8)10/h1-2,5H,3-4H2,(H,13,14). The van der Waals surface area contributed by atoms with E-state index in [-0.39, 0.29) is 29.9 Å². The molecule has 0 saturated carbocycles. The van der Waals surface area contributed by atoms with Crippen molar-refractivity contribution in [1.29, 1.82) is 0 Å². The average Bonchev–Trinajstić information content (AvgIpc) is 2.16. The minimum absolute atomic E-state index is 0.0360. The molecule has 2 rings (SSSR count). The van der Waals surface area contributed by atoms with E-state index >= 15 is 0 Å². The van der Waals surface area contributed by atoms with Crippen molar-refractivity contribution in [3.63, 3.8) is 0 Å². The largest absolute Gasteiger partial charge is 0.493 e. The topological polar surface area (TPSA) is 46.5 Å². The lowest BCUT2D eigenvalue weighted by molar-refractivity contribution is -0.0405. The van der Waals surface area contributed by atoms with Gasteiger partial charge in [0.2, 0.25) is 0 Å². The van der Waals surface area contributed by atoms with Gasteiger partial charge in [-0.15, -0.1) is 0 Å². The third-order valence-electron chi connectivity index (χ3n) is 2.30. The molecular weight excluding hydrogens is 206 g/mol. The van der Waals surface area contributed by atoms with Crippen LogP contribution in [0.2, 0.25) is 0 Å². The van der Waals surface area contributed by atoms with Crippen LogP contribution in [0.25, 0.3) is 0 Å². The van der Waals surface area contributed by atoms with Gasteiger partial charge in [0, 0.05) is 0 Å². The molecule has 0 atom stereocenters. The fraction of sp³-hybridized carbons (Fsp3) is 0.300. The van der Waals surface area contributed by atoms with Crippen LogP contribution in [0.4, 0.5) is 8.78 Å². The van der Waals surface area contributed by atoms with Crippen LogP contribution in [0.15, 0.2) is 18.2 Å². The molecule has 1 aliphatic rings. The van der Waals surface area contributed by atoms with Gasteiger partial charge in [-0.1, -0.05) is 0 Å². The van der Waals surface area contributed by atoms with Gasteiger partial charge in [0.15, 0.2) is 0 Å². The molecule has 0 fully saturated rings. The number of rotatable bonds is 1. The number of fused-ring (bicyclic) bond motifs is 1. The van der Waals surface area contributed by atoms with E-state index in [1.165, 1.54) is 0 Å². The minimum atomic E-state index is -2.93. The van der Waals surface area contributed by atoms with Crippen LogP contribution in [0.3, 0.4) is 0 Å². The molecular formula is C10H8F2O3. The number of carbonyl (C=O) groups is 1. The van der Waals surface area contributed by atoms with Crippen molar-refractivity contribution in [3.05, 3.63) is 29.3 Å². The summed E-state index contributed by atoms with van der Waals surface area (Å²) >= 11 is 0. The first-order valence-electron chi connectivity index (χ1n) is 4.39. The maximum absolute atomic E-state index is 13.3. The van der Waals surface area contributed by atoms with Crippen LogP contribution in [-0.2, 0) is 5.92 Å². The molecule has 0 bridgehead atoms. The number of halogens is 2. The Bertz CT molecular complexity index is 415. The number of carboxylic acid groups (broad SMARTS) is 1. The summed E-state index contributed by atoms with van der Waals surface area (Å²) in [6.07, 6.45) is -0.369. The van der Waals surface area contributed by atoms with Crippen molar-refractivity contribution in [2.45, 2.75) is 12.3 Å². The lowest BCUT2D eigenvalue weighted by Crippen LogP contribution is -2.24. The van der Waals surface area contributed by atoms with Gasteiger partial charge in [0.25, 0.3) is 5.92 Å². The predicted octanol–water partition coefficient (Wildman–Crippen LogP) is 2.26. The lowest BCUT2D eigenvalue weighted by atomic mass is 10.0. The zero-order valence-corrected chi connectivity index (χ0v) is 7.67. The van der Waals surface area contributed by atoms with Gasteiger partial charge < -0.3 is 9.84 Å². The van der Waals surface area contributed by atoms with E-state index < -0.39 is 11.9 Å². The van der Waals surface area contributed by atoms with Crippen molar-refractivity contribution in [2.24, 2.45) is 0 Å². The molecule has 0 saturated heterocycles. The van der Waals surface area contributed by atoms with Gasteiger partial charge in [0.1, 0.15) is 5.75 Å². The SMILES string of the molecule is O=C(O)c1ccc2c(c1)OCCC2(F)F. The number of hydrogen-bond donors (Lipinski definition) is 1. The highest BCUT2D eigenvalue weighted by Crippen LogP contribution is 2.41. The Labute approximate surface area is 84.3 Å². The van der Waals surface area contributed by atoms with E-state index in [1.807, 2.05) is 0 Å². The van der Waals surface area contributed by atoms with Crippen molar-refractivity contribution in [3.8, 4) is 5.75 Å². The molecule has 0 unspecified atom stereocenters. The first-order valence-corrected chi connectivity index (χ1v) is 4.39. The number of alkyl halides is 2. The second-order valence-corrected chi connectivity index (χ2v) is 3.32. The van der Waals surface area contributed by atoms with Crippen LogP contribution in [0, 0.1) is 0 Å². The predicted molar refractivity (Wildman–Crippen MR) is 47.4 cm³/mol. The summed E-state index contributed by atoms with van der Waals surface area (Å²) in [6, 6.07) is 3.40. The minimum Gasteiger partial charge on any atom is -0.493 e. The Kier molecular flexibility index (Phi) is 2.10. The second-order valence-electron chi connectivity index (χ2n) is 3.32. The van der Waals surface area contributed by atoms with Gasteiger partial charge in [-0.05, 0) is 18.2 Å². The summed E-state index contributed by atoms with van der Waals surface area (Å²) in [5.41, 5.74) is -0.287. The fourth-order valence-electron chi connectivity index (χ4n) is 1.50. The van der Waals surface area contributed by atoms with E-state index in [0.29, 0.717) is 0 Å².